The first-order valence-corrected chi connectivity index (χ1v) is 6.70. The second kappa shape index (κ2) is 5.93. The molecule has 1 N–H and O–H groups in total. The normalized spacial score (nSPS) is 12.1. The molecule has 1 aromatic carbocycles. The lowest BCUT2D eigenvalue weighted by atomic mass is 9.96. The fourth-order valence-electron chi connectivity index (χ4n) is 2.21. The van der Waals surface area contributed by atoms with Gasteiger partial charge in [-0.3, -0.25) is 4.90 Å². The molecule has 0 saturated carbocycles. The van der Waals surface area contributed by atoms with Crippen molar-refractivity contribution in [2.75, 3.05) is 20.8 Å². The number of aryl methyl sites for hydroxylation is 1. The minimum absolute atomic E-state index is 0.149. The Morgan fingerprint density at radius 2 is 1.79 bits per heavy atom. The number of hydrogen-bond donors (Lipinski definition) is 1. The molecule has 0 aliphatic heterocycles. The van der Waals surface area contributed by atoms with E-state index in [9.17, 15) is 5.11 Å². The molecule has 0 aromatic heterocycles. The van der Waals surface area contributed by atoms with Crippen molar-refractivity contribution in [1.82, 2.24) is 4.90 Å². The van der Waals surface area contributed by atoms with Gasteiger partial charge in [0.1, 0.15) is 5.75 Å². The van der Waals surface area contributed by atoms with Gasteiger partial charge in [-0.15, -0.1) is 0 Å². The fraction of sp³-hybridized carbons (Fsp3) is 0.625. The average molecular weight is 265 g/mol. The van der Waals surface area contributed by atoms with E-state index >= 15 is 0 Å². The van der Waals surface area contributed by atoms with Crippen LogP contribution in [0.5, 0.6) is 5.75 Å². The highest BCUT2D eigenvalue weighted by Gasteiger charge is 2.23. The van der Waals surface area contributed by atoms with E-state index < -0.39 is 0 Å². The molecule has 0 heterocycles. The molecule has 0 aliphatic carbocycles. The summed E-state index contributed by atoms with van der Waals surface area (Å²) in [5.74, 6) is 0.977. The largest absolute Gasteiger partial charge is 0.496 e. The van der Waals surface area contributed by atoms with E-state index in [-0.39, 0.29) is 12.1 Å². The third-order valence-corrected chi connectivity index (χ3v) is 4.17. The fourth-order valence-corrected chi connectivity index (χ4v) is 2.21. The molecule has 0 radical (unpaired) electrons. The number of rotatable bonds is 5. The van der Waals surface area contributed by atoms with Crippen LogP contribution in [0, 0.1) is 20.8 Å². The van der Waals surface area contributed by atoms with Crippen LogP contribution in [0.15, 0.2) is 6.07 Å². The zero-order valence-corrected chi connectivity index (χ0v) is 13.3. The molecule has 3 nitrogen and oxygen atoms in total. The summed E-state index contributed by atoms with van der Waals surface area (Å²) in [4.78, 5) is 2.18. The molecule has 0 unspecified atom stereocenters. The Morgan fingerprint density at radius 1 is 1.21 bits per heavy atom. The Kier molecular flexibility index (Phi) is 4.99. The van der Waals surface area contributed by atoms with Gasteiger partial charge in [-0.25, -0.2) is 0 Å². The first-order chi connectivity index (χ1) is 8.74. The van der Waals surface area contributed by atoms with Crippen LogP contribution in [0.2, 0.25) is 0 Å². The molecule has 108 valence electrons. The average Bonchev–Trinajstić information content (AvgIpc) is 2.36. The Labute approximate surface area is 117 Å². The standard InChI is InChI=1S/C16H27NO2/c1-11-8-14(9-17(6)16(4,5)10-18)12(2)13(3)15(11)19-7/h8,18H,9-10H2,1-7H3. The lowest BCUT2D eigenvalue weighted by molar-refractivity contribution is 0.0732. The monoisotopic (exact) mass is 265 g/mol. The molecule has 1 rings (SSSR count). The van der Waals surface area contributed by atoms with Gasteiger partial charge in [0, 0.05) is 12.1 Å². The van der Waals surface area contributed by atoms with E-state index in [4.69, 9.17) is 4.74 Å². The maximum atomic E-state index is 9.44. The number of methoxy groups -OCH3 is 1. The number of likely N-dealkylation sites (N-methyl/N-ethyl adjacent to an activating group) is 1. The predicted molar refractivity (Wildman–Crippen MR) is 79.8 cm³/mol. The summed E-state index contributed by atoms with van der Waals surface area (Å²) in [6, 6.07) is 2.19. The Balaban J connectivity index is 3.10. The summed E-state index contributed by atoms with van der Waals surface area (Å²) in [6.07, 6.45) is 0. The van der Waals surface area contributed by atoms with Crippen LogP contribution in [0.3, 0.4) is 0 Å². The number of aliphatic hydroxyl groups is 1. The third kappa shape index (κ3) is 3.28. The van der Waals surface area contributed by atoms with Gasteiger partial charge in [-0.1, -0.05) is 6.07 Å². The Hall–Kier alpha value is -1.06. The van der Waals surface area contributed by atoms with Crippen molar-refractivity contribution in [3.8, 4) is 5.75 Å². The third-order valence-electron chi connectivity index (χ3n) is 4.17. The van der Waals surface area contributed by atoms with E-state index in [2.05, 4.69) is 31.7 Å². The topological polar surface area (TPSA) is 32.7 Å². The number of benzene rings is 1. The lowest BCUT2D eigenvalue weighted by Gasteiger charge is -2.34. The summed E-state index contributed by atoms with van der Waals surface area (Å²) in [7, 11) is 3.76. The first kappa shape index (κ1) is 16.0. The van der Waals surface area contributed by atoms with Gasteiger partial charge in [0.05, 0.1) is 13.7 Å². The number of aliphatic hydroxyl groups excluding tert-OH is 1. The quantitative estimate of drug-likeness (QED) is 0.888. The molecular weight excluding hydrogens is 238 g/mol. The summed E-state index contributed by atoms with van der Waals surface area (Å²) < 4.78 is 5.45. The number of ether oxygens (including phenoxy) is 1. The summed E-state index contributed by atoms with van der Waals surface area (Å²) in [6.45, 7) is 11.4. The molecule has 0 fully saturated rings. The van der Waals surface area contributed by atoms with Gasteiger partial charge in [0.25, 0.3) is 0 Å². The van der Waals surface area contributed by atoms with Gasteiger partial charge >= 0.3 is 0 Å². The molecule has 0 atom stereocenters. The lowest BCUT2D eigenvalue weighted by Crippen LogP contribution is -2.43. The summed E-state index contributed by atoms with van der Waals surface area (Å²) >= 11 is 0. The van der Waals surface area contributed by atoms with Gasteiger partial charge in [0.2, 0.25) is 0 Å². The summed E-state index contributed by atoms with van der Waals surface area (Å²) in [5, 5.41) is 9.44. The van der Waals surface area contributed by atoms with E-state index in [1.54, 1.807) is 7.11 Å². The van der Waals surface area contributed by atoms with E-state index in [0.29, 0.717) is 0 Å². The maximum Gasteiger partial charge on any atom is 0.124 e. The van der Waals surface area contributed by atoms with Crippen LogP contribution in [0.25, 0.3) is 0 Å². The molecule has 0 spiro atoms. The highest BCUT2D eigenvalue weighted by Crippen LogP contribution is 2.29. The smallest absolute Gasteiger partial charge is 0.124 e. The molecule has 19 heavy (non-hydrogen) atoms. The maximum absolute atomic E-state index is 9.44. The molecule has 0 amide bonds. The van der Waals surface area contributed by atoms with Crippen molar-refractivity contribution in [3.05, 3.63) is 28.3 Å². The molecule has 0 aliphatic rings. The second-order valence-electron chi connectivity index (χ2n) is 5.96. The van der Waals surface area contributed by atoms with Crippen molar-refractivity contribution in [1.29, 1.82) is 0 Å². The van der Waals surface area contributed by atoms with E-state index in [1.807, 2.05) is 20.9 Å². The van der Waals surface area contributed by atoms with E-state index in [0.717, 1.165) is 17.9 Å². The van der Waals surface area contributed by atoms with Gasteiger partial charge < -0.3 is 9.84 Å². The van der Waals surface area contributed by atoms with Gasteiger partial charge in [-0.2, -0.15) is 0 Å². The van der Waals surface area contributed by atoms with Crippen LogP contribution < -0.4 is 4.74 Å². The number of nitrogens with zero attached hydrogens (tertiary/aromatic N) is 1. The first-order valence-electron chi connectivity index (χ1n) is 6.70. The predicted octanol–water partition coefficient (Wildman–Crippen LogP) is 2.82. The summed E-state index contributed by atoms with van der Waals surface area (Å²) in [5.41, 5.74) is 4.71. The van der Waals surface area contributed by atoms with Crippen LogP contribution in [0.4, 0.5) is 0 Å². The Bertz CT molecular complexity index is 453. The minimum atomic E-state index is -0.214. The minimum Gasteiger partial charge on any atom is -0.496 e. The van der Waals surface area contributed by atoms with Gasteiger partial charge in [0.15, 0.2) is 0 Å². The van der Waals surface area contributed by atoms with Crippen LogP contribution in [-0.4, -0.2) is 36.3 Å². The van der Waals surface area contributed by atoms with Gasteiger partial charge in [-0.05, 0) is 63.9 Å². The number of hydrogen-bond acceptors (Lipinski definition) is 3. The highest BCUT2D eigenvalue weighted by molar-refractivity contribution is 5.48. The van der Waals surface area contributed by atoms with Crippen molar-refractivity contribution in [2.45, 2.75) is 46.7 Å². The molecule has 0 bridgehead atoms. The van der Waals surface area contributed by atoms with Crippen molar-refractivity contribution >= 4 is 0 Å². The van der Waals surface area contributed by atoms with Crippen molar-refractivity contribution < 1.29 is 9.84 Å². The highest BCUT2D eigenvalue weighted by atomic mass is 16.5. The second-order valence-corrected chi connectivity index (χ2v) is 5.96. The van der Waals surface area contributed by atoms with Crippen LogP contribution in [-0.2, 0) is 6.54 Å². The van der Waals surface area contributed by atoms with Crippen molar-refractivity contribution in [3.63, 3.8) is 0 Å². The van der Waals surface area contributed by atoms with E-state index in [1.165, 1.54) is 16.7 Å². The zero-order chi connectivity index (χ0) is 14.8. The molecule has 3 heteroatoms. The Morgan fingerprint density at radius 3 is 2.26 bits per heavy atom. The molecule has 1 aromatic rings. The SMILES string of the molecule is COc1c(C)cc(CN(C)C(C)(C)CO)c(C)c1C. The van der Waals surface area contributed by atoms with Crippen LogP contribution in [0.1, 0.15) is 36.1 Å². The molecule has 0 saturated heterocycles. The molecular formula is C16H27NO2. The van der Waals surface area contributed by atoms with Crippen molar-refractivity contribution in [2.24, 2.45) is 0 Å². The zero-order valence-electron chi connectivity index (χ0n) is 13.3. The van der Waals surface area contributed by atoms with Crippen LogP contribution >= 0.6 is 0 Å².